The third-order valence-corrected chi connectivity index (χ3v) is 4.34. The molecule has 0 aliphatic rings. The summed E-state index contributed by atoms with van der Waals surface area (Å²) in [4.78, 5) is 7.55. The number of sulfonamides is 1. The van der Waals surface area contributed by atoms with Gasteiger partial charge in [-0.25, -0.2) is 27.0 Å². The highest BCUT2D eigenvalue weighted by molar-refractivity contribution is 7.92. The lowest BCUT2D eigenvalue weighted by Gasteiger charge is -2.06. The van der Waals surface area contributed by atoms with Crippen molar-refractivity contribution in [2.45, 2.75) is 4.90 Å². The van der Waals surface area contributed by atoms with Crippen molar-refractivity contribution in [1.82, 2.24) is 19.6 Å². The molecular weight excluding hydrogens is 321 g/mol. The van der Waals surface area contributed by atoms with Crippen molar-refractivity contribution < 1.29 is 12.8 Å². The molecule has 3 rings (SSSR count). The summed E-state index contributed by atoms with van der Waals surface area (Å²) in [5, 5.41) is 3.67. The highest BCUT2D eigenvalue weighted by Crippen LogP contribution is 2.23. The Bertz CT molecular complexity index is 894. The molecule has 108 valence electrons. The van der Waals surface area contributed by atoms with E-state index in [0.717, 1.165) is 18.2 Å². The Hall–Kier alpha value is -2.26. The number of nitrogens with zero attached hydrogens (tertiary/aromatic N) is 4. The van der Waals surface area contributed by atoms with Crippen LogP contribution in [0, 0.1) is 5.82 Å². The topological polar surface area (TPSA) is 89.2 Å². The highest BCUT2D eigenvalue weighted by Gasteiger charge is 2.20. The maximum Gasteiger partial charge on any atom is 0.265 e. The van der Waals surface area contributed by atoms with Gasteiger partial charge in [0.05, 0.1) is 5.02 Å². The van der Waals surface area contributed by atoms with Gasteiger partial charge in [-0.2, -0.15) is 4.98 Å². The minimum absolute atomic E-state index is 0.158. The number of hydrogen-bond donors (Lipinski definition) is 1. The second-order valence-electron chi connectivity index (χ2n) is 3.98. The number of aromatic nitrogens is 4. The van der Waals surface area contributed by atoms with Crippen LogP contribution in [0.1, 0.15) is 0 Å². The molecule has 21 heavy (non-hydrogen) atoms. The van der Waals surface area contributed by atoms with E-state index in [-0.39, 0.29) is 21.6 Å². The Morgan fingerprint density at radius 3 is 2.86 bits per heavy atom. The van der Waals surface area contributed by atoms with Gasteiger partial charge in [-0.1, -0.05) is 11.6 Å². The second kappa shape index (κ2) is 4.93. The SMILES string of the molecule is O=S(=O)(Nc1nc2ncccn2n1)c1ccc(F)cc1Cl. The van der Waals surface area contributed by atoms with Crippen LogP contribution in [-0.4, -0.2) is 28.0 Å². The number of anilines is 1. The Balaban J connectivity index is 1.99. The van der Waals surface area contributed by atoms with E-state index in [0.29, 0.717) is 0 Å². The number of nitrogens with one attached hydrogen (secondary N) is 1. The molecule has 0 aliphatic carbocycles. The first kappa shape index (κ1) is 13.7. The zero-order chi connectivity index (χ0) is 15.0. The Kier molecular flexibility index (Phi) is 3.22. The van der Waals surface area contributed by atoms with Crippen LogP contribution in [0.25, 0.3) is 5.78 Å². The summed E-state index contributed by atoms with van der Waals surface area (Å²) in [7, 11) is -4.02. The average Bonchev–Trinajstić information content (AvgIpc) is 2.79. The van der Waals surface area contributed by atoms with Gasteiger partial charge in [0.25, 0.3) is 21.7 Å². The molecule has 0 unspecified atom stereocenters. The van der Waals surface area contributed by atoms with Crippen molar-refractivity contribution in [3.63, 3.8) is 0 Å². The summed E-state index contributed by atoms with van der Waals surface area (Å²) in [6.45, 7) is 0. The Morgan fingerprint density at radius 1 is 1.33 bits per heavy atom. The van der Waals surface area contributed by atoms with Crippen LogP contribution in [-0.2, 0) is 10.0 Å². The van der Waals surface area contributed by atoms with E-state index in [2.05, 4.69) is 19.8 Å². The summed E-state index contributed by atoms with van der Waals surface area (Å²) in [6, 6.07) is 4.60. The molecule has 3 aromatic rings. The monoisotopic (exact) mass is 327 g/mol. The van der Waals surface area contributed by atoms with E-state index in [4.69, 9.17) is 11.6 Å². The lowest BCUT2D eigenvalue weighted by atomic mass is 10.3. The van der Waals surface area contributed by atoms with Gasteiger partial charge in [0.1, 0.15) is 10.7 Å². The van der Waals surface area contributed by atoms with Gasteiger partial charge in [0, 0.05) is 12.4 Å². The summed E-state index contributed by atoms with van der Waals surface area (Å²) < 4.78 is 40.8. The number of fused-ring (bicyclic) bond motifs is 1. The second-order valence-corrected chi connectivity index (χ2v) is 6.04. The van der Waals surface area contributed by atoms with Crippen molar-refractivity contribution in [2.75, 3.05) is 4.72 Å². The lowest BCUT2D eigenvalue weighted by Crippen LogP contribution is -2.14. The van der Waals surface area contributed by atoms with Crippen LogP contribution in [0.3, 0.4) is 0 Å². The summed E-state index contributed by atoms with van der Waals surface area (Å²) >= 11 is 5.74. The molecule has 2 aromatic heterocycles. The van der Waals surface area contributed by atoms with Gasteiger partial charge < -0.3 is 0 Å². The van der Waals surface area contributed by atoms with Crippen molar-refractivity contribution in [3.8, 4) is 0 Å². The predicted molar refractivity (Wildman–Crippen MR) is 73.0 cm³/mol. The molecule has 0 spiro atoms. The number of rotatable bonds is 3. The van der Waals surface area contributed by atoms with Gasteiger partial charge in [-0.15, -0.1) is 5.10 Å². The van der Waals surface area contributed by atoms with Crippen LogP contribution < -0.4 is 4.72 Å². The fourth-order valence-corrected chi connectivity index (χ4v) is 3.12. The summed E-state index contributed by atoms with van der Waals surface area (Å²) in [5.74, 6) is -0.552. The van der Waals surface area contributed by atoms with E-state index in [1.165, 1.54) is 10.7 Å². The van der Waals surface area contributed by atoms with E-state index in [9.17, 15) is 12.8 Å². The molecule has 0 fully saturated rings. The molecule has 0 atom stereocenters. The number of benzene rings is 1. The zero-order valence-corrected chi connectivity index (χ0v) is 11.8. The first-order valence-electron chi connectivity index (χ1n) is 5.61. The summed E-state index contributed by atoms with van der Waals surface area (Å²) in [6.07, 6.45) is 3.07. The average molecular weight is 328 g/mol. The van der Waals surface area contributed by atoms with Crippen LogP contribution in [0.4, 0.5) is 10.3 Å². The largest absolute Gasteiger partial charge is 0.265 e. The first-order chi connectivity index (χ1) is 9.95. The van der Waals surface area contributed by atoms with Crippen LogP contribution in [0.5, 0.6) is 0 Å². The van der Waals surface area contributed by atoms with Crippen LogP contribution in [0.15, 0.2) is 41.6 Å². The molecule has 0 amide bonds. The number of hydrogen-bond acceptors (Lipinski definition) is 5. The third kappa shape index (κ3) is 2.65. The third-order valence-electron chi connectivity index (χ3n) is 2.53. The normalized spacial score (nSPS) is 11.7. The molecule has 10 heteroatoms. The van der Waals surface area contributed by atoms with Gasteiger partial charge in [-0.05, 0) is 24.3 Å². The number of halogens is 2. The maximum absolute atomic E-state index is 13.0. The lowest BCUT2D eigenvalue weighted by molar-refractivity contribution is 0.599. The summed E-state index contributed by atoms with van der Waals surface area (Å²) in [5.41, 5.74) is 0. The fraction of sp³-hybridized carbons (Fsp3) is 0. The predicted octanol–water partition coefficient (Wildman–Crippen LogP) is 1.72. The minimum atomic E-state index is -4.02. The van der Waals surface area contributed by atoms with Crippen LogP contribution >= 0.6 is 11.6 Å². The zero-order valence-electron chi connectivity index (χ0n) is 10.2. The molecular formula is C11H7ClFN5O2S. The Morgan fingerprint density at radius 2 is 2.14 bits per heavy atom. The van der Waals surface area contributed by atoms with Crippen molar-refractivity contribution in [1.29, 1.82) is 0 Å². The fourth-order valence-electron chi connectivity index (χ4n) is 1.64. The maximum atomic E-state index is 13.0. The van der Waals surface area contributed by atoms with Gasteiger partial charge in [-0.3, -0.25) is 0 Å². The quantitative estimate of drug-likeness (QED) is 0.791. The highest BCUT2D eigenvalue weighted by atomic mass is 35.5. The Labute approximate surface area is 123 Å². The molecule has 0 radical (unpaired) electrons. The molecule has 0 aliphatic heterocycles. The molecule has 0 saturated heterocycles. The molecule has 2 heterocycles. The van der Waals surface area contributed by atoms with E-state index in [1.54, 1.807) is 12.3 Å². The van der Waals surface area contributed by atoms with Crippen molar-refractivity contribution >= 4 is 33.4 Å². The van der Waals surface area contributed by atoms with Crippen LogP contribution in [0.2, 0.25) is 5.02 Å². The van der Waals surface area contributed by atoms with Crippen molar-refractivity contribution in [3.05, 3.63) is 47.5 Å². The molecule has 0 bridgehead atoms. The molecule has 1 aromatic carbocycles. The van der Waals surface area contributed by atoms with E-state index in [1.807, 2.05) is 0 Å². The van der Waals surface area contributed by atoms with Crippen molar-refractivity contribution in [2.24, 2.45) is 0 Å². The van der Waals surface area contributed by atoms with E-state index < -0.39 is 15.8 Å². The smallest absolute Gasteiger partial charge is 0.246 e. The molecule has 1 N–H and O–H groups in total. The van der Waals surface area contributed by atoms with E-state index >= 15 is 0 Å². The van der Waals surface area contributed by atoms with Gasteiger partial charge in [0.15, 0.2) is 0 Å². The molecule has 7 nitrogen and oxygen atoms in total. The standard InChI is InChI=1S/C11H7ClFN5O2S/c12-8-6-7(13)2-3-9(8)21(19,20)17-10-15-11-14-4-1-5-18(11)16-10/h1-6H,(H,16,17). The van der Waals surface area contributed by atoms with Gasteiger partial charge in [0.2, 0.25) is 0 Å². The van der Waals surface area contributed by atoms with Gasteiger partial charge >= 0.3 is 0 Å². The minimum Gasteiger partial charge on any atom is -0.246 e. The molecule has 0 saturated carbocycles. The first-order valence-corrected chi connectivity index (χ1v) is 7.47.